The predicted octanol–water partition coefficient (Wildman–Crippen LogP) is 1.81. The molecule has 1 aliphatic rings. The molecule has 1 fully saturated rings. The lowest BCUT2D eigenvalue weighted by Gasteiger charge is -2.08. The molecular formula is C13H18N2O2. The number of rotatable bonds is 5. The van der Waals surface area contributed by atoms with Crippen LogP contribution in [0, 0.1) is 5.92 Å². The number of nitrogens with two attached hydrogens (primary N) is 1. The molecule has 0 aromatic heterocycles. The van der Waals surface area contributed by atoms with E-state index in [-0.39, 0.29) is 5.91 Å². The Balaban J connectivity index is 1.96. The van der Waals surface area contributed by atoms with Crippen molar-refractivity contribution in [1.29, 1.82) is 0 Å². The summed E-state index contributed by atoms with van der Waals surface area (Å²) in [5.41, 5.74) is 6.74. The molecule has 0 spiro atoms. The molecule has 17 heavy (non-hydrogen) atoms. The monoisotopic (exact) mass is 234 g/mol. The second-order valence-corrected chi connectivity index (χ2v) is 4.44. The van der Waals surface area contributed by atoms with Crippen molar-refractivity contribution >= 4 is 11.6 Å². The van der Waals surface area contributed by atoms with Crippen LogP contribution in [0.2, 0.25) is 0 Å². The minimum atomic E-state index is -0.123. The van der Waals surface area contributed by atoms with E-state index in [1.807, 2.05) is 0 Å². The fourth-order valence-electron chi connectivity index (χ4n) is 1.75. The Kier molecular flexibility index (Phi) is 3.52. The van der Waals surface area contributed by atoms with Crippen LogP contribution in [0.25, 0.3) is 0 Å². The van der Waals surface area contributed by atoms with Crippen molar-refractivity contribution in [2.75, 3.05) is 19.4 Å². The largest absolute Gasteiger partial charge is 0.497 e. The molecule has 0 bridgehead atoms. The van der Waals surface area contributed by atoms with Crippen molar-refractivity contribution in [3.05, 3.63) is 23.8 Å². The summed E-state index contributed by atoms with van der Waals surface area (Å²) in [5, 5.41) is 2.89. The van der Waals surface area contributed by atoms with Crippen LogP contribution in [0.1, 0.15) is 29.6 Å². The van der Waals surface area contributed by atoms with Gasteiger partial charge in [0.2, 0.25) is 0 Å². The topological polar surface area (TPSA) is 64.3 Å². The number of nitrogen functional groups attached to an aromatic ring is 1. The summed E-state index contributed by atoms with van der Waals surface area (Å²) in [6, 6.07) is 5.10. The summed E-state index contributed by atoms with van der Waals surface area (Å²) >= 11 is 0. The third kappa shape index (κ3) is 3.12. The number of benzene rings is 1. The molecule has 1 aliphatic carbocycles. The molecule has 0 unspecified atom stereocenters. The third-order valence-corrected chi connectivity index (χ3v) is 3.04. The smallest absolute Gasteiger partial charge is 0.253 e. The first-order chi connectivity index (χ1) is 8.20. The second kappa shape index (κ2) is 5.08. The normalized spacial score (nSPS) is 14.4. The quantitative estimate of drug-likeness (QED) is 0.764. The van der Waals surface area contributed by atoms with Crippen LogP contribution in [-0.2, 0) is 0 Å². The van der Waals surface area contributed by atoms with Gasteiger partial charge in [0.15, 0.2) is 0 Å². The van der Waals surface area contributed by atoms with Crippen molar-refractivity contribution in [3.63, 3.8) is 0 Å². The standard InChI is InChI=1S/C13H18N2O2/c1-17-10-4-5-12(14)11(8-10)13(16)15-7-6-9-2-3-9/h4-5,8-9H,2-3,6-7,14H2,1H3,(H,15,16). The highest BCUT2D eigenvalue weighted by Crippen LogP contribution is 2.31. The number of methoxy groups -OCH3 is 1. The third-order valence-electron chi connectivity index (χ3n) is 3.04. The number of amides is 1. The summed E-state index contributed by atoms with van der Waals surface area (Å²) < 4.78 is 5.08. The Morgan fingerprint density at radius 1 is 1.53 bits per heavy atom. The molecule has 0 heterocycles. The van der Waals surface area contributed by atoms with Gasteiger partial charge in [0.05, 0.1) is 12.7 Å². The van der Waals surface area contributed by atoms with Crippen LogP contribution < -0.4 is 15.8 Å². The lowest BCUT2D eigenvalue weighted by Crippen LogP contribution is -2.25. The molecule has 0 aliphatic heterocycles. The first-order valence-corrected chi connectivity index (χ1v) is 5.92. The maximum atomic E-state index is 11.9. The molecule has 1 amide bonds. The average molecular weight is 234 g/mol. The van der Waals surface area contributed by atoms with E-state index in [4.69, 9.17) is 10.5 Å². The number of ether oxygens (including phenoxy) is 1. The van der Waals surface area contributed by atoms with Gasteiger partial charge in [-0.15, -0.1) is 0 Å². The molecule has 1 saturated carbocycles. The van der Waals surface area contributed by atoms with Crippen LogP contribution in [0.4, 0.5) is 5.69 Å². The molecule has 1 aromatic carbocycles. The first kappa shape index (κ1) is 11.8. The molecule has 4 nitrogen and oxygen atoms in total. The Bertz CT molecular complexity index is 414. The minimum Gasteiger partial charge on any atom is -0.497 e. The minimum absolute atomic E-state index is 0.123. The fraction of sp³-hybridized carbons (Fsp3) is 0.462. The summed E-state index contributed by atoms with van der Waals surface area (Å²) in [4.78, 5) is 11.9. The number of carbonyl (C=O) groups excluding carboxylic acids is 1. The molecule has 0 atom stereocenters. The van der Waals surface area contributed by atoms with Crippen LogP contribution in [0.3, 0.4) is 0 Å². The average Bonchev–Trinajstić information content (AvgIpc) is 3.13. The number of hydrogen-bond donors (Lipinski definition) is 2. The zero-order valence-electron chi connectivity index (χ0n) is 10.0. The van der Waals surface area contributed by atoms with Crippen molar-refractivity contribution in [1.82, 2.24) is 5.32 Å². The summed E-state index contributed by atoms with van der Waals surface area (Å²) in [5.74, 6) is 1.34. The molecule has 2 rings (SSSR count). The van der Waals surface area contributed by atoms with Gasteiger partial charge in [0.25, 0.3) is 5.91 Å². The van der Waals surface area contributed by atoms with Crippen molar-refractivity contribution in [3.8, 4) is 5.75 Å². The number of hydrogen-bond acceptors (Lipinski definition) is 3. The Morgan fingerprint density at radius 2 is 2.29 bits per heavy atom. The summed E-state index contributed by atoms with van der Waals surface area (Å²) in [6.07, 6.45) is 3.67. The molecule has 0 saturated heterocycles. The van der Waals surface area contributed by atoms with Crippen LogP contribution in [-0.4, -0.2) is 19.6 Å². The summed E-state index contributed by atoms with van der Waals surface area (Å²) in [6.45, 7) is 0.722. The van der Waals surface area contributed by atoms with Crippen molar-refractivity contribution in [2.24, 2.45) is 5.92 Å². The van der Waals surface area contributed by atoms with E-state index in [9.17, 15) is 4.79 Å². The van der Waals surface area contributed by atoms with E-state index >= 15 is 0 Å². The zero-order valence-corrected chi connectivity index (χ0v) is 10.0. The second-order valence-electron chi connectivity index (χ2n) is 4.44. The van der Waals surface area contributed by atoms with E-state index in [0.717, 1.165) is 18.9 Å². The van der Waals surface area contributed by atoms with E-state index in [1.54, 1.807) is 25.3 Å². The highest BCUT2D eigenvalue weighted by Gasteiger charge is 2.21. The van der Waals surface area contributed by atoms with Gasteiger partial charge in [-0.3, -0.25) is 4.79 Å². The van der Waals surface area contributed by atoms with Gasteiger partial charge in [-0.2, -0.15) is 0 Å². The molecule has 3 N–H and O–H groups in total. The van der Waals surface area contributed by atoms with E-state index < -0.39 is 0 Å². The molecule has 4 heteroatoms. The SMILES string of the molecule is COc1ccc(N)c(C(=O)NCCC2CC2)c1. The first-order valence-electron chi connectivity index (χ1n) is 5.92. The Labute approximate surface area is 101 Å². The Morgan fingerprint density at radius 3 is 2.94 bits per heavy atom. The molecule has 1 aromatic rings. The van der Waals surface area contributed by atoms with Gasteiger partial charge in [-0.1, -0.05) is 12.8 Å². The molecular weight excluding hydrogens is 216 g/mol. The lowest BCUT2D eigenvalue weighted by molar-refractivity contribution is 0.0953. The van der Waals surface area contributed by atoms with Crippen LogP contribution in [0.5, 0.6) is 5.75 Å². The Hall–Kier alpha value is -1.71. The van der Waals surface area contributed by atoms with E-state index in [1.165, 1.54) is 12.8 Å². The van der Waals surface area contributed by atoms with Gasteiger partial charge in [-0.25, -0.2) is 0 Å². The van der Waals surface area contributed by atoms with Gasteiger partial charge in [0, 0.05) is 12.2 Å². The highest BCUT2D eigenvalue weighted by atomic mass is 16.5. The summed E-state index contributed by atoms with van der Waals surface area (Å²) in [7, 11) is 1.57. The molecule has 92 valence electrons. The number of carbonyl (C=O) groups is 1. The zero-order chi connectivity index (χ0) is 12.3. The van der Waals surface area contributed by atoms with Crippen LogP contribution >= 0.6 is 0 Å². The predicted molar refractivity (Wildman–Crippen MR) is 67.1 cm³/mol. The van der Waals surface area contributed by atoms with Crippen LogP contribution in [0.15, 0.2) is 18.2 Å². The highest BCUT2D eigenvalue weighted by molar-refractivity contribution is 5.99. The van der Waals surface area contributed by atoms with Crippen molar-refractivity contribution < 1.29 is 9.53 Å². The van der Waals surface area contributed by atoms with E-state index in [2.05, 4.69) is 5.32 Å². The van der Waals surface area contributed by atoms with Gasteiger partial charge >= 0.3 is 0 Å². The van der Waals surface area contributed by atoms with Crippen molar-refractivity contribution in [2.45, 2.75) is 19.3 Å². The lowest BCUT2D eigenvalue weighted by atomic mass is 10.1. The molecule has 0 radical (unpaired) electrons. The number of nitrogens with one attached hydrogen (secondary N) is 1. The maximum absolute atomic E-state index is 11.9. The van der Waals surface area contributed by atoms with Gasteiger partial charge < -0.3 is 15.8 Å². The number of anilines is 1. The maximum Gasteiger partial charge on any atom is 0.253 e. The van der Waals surface area contributed by atoms with Gasteiger partial charge in [0.1, 0.15) is 5.75 Å². The fourth-order valence-corrected chi connectivity index (χ4v) is 1.75. The van der Waals surface area contributed by atoms with E-state index in [0.29, 0.717) is 17.0 Å². The van der Waals surface area contributed by atoms with Gasteiger partial charge in [-0.05, 0) is 30.5 Å².